The third kappa shape index (κ3) is 7.70. The molecule has 0 saturated carbocycles. The van der Waals surface area contributed by atoms with E-state index >= 15 is 0 Å². The van der Waals surface area contributed by atoms with Gasteiger partial charge in [-0.05, 0) is 56.2 Å². The van der Waals surface area contributed by atoms with Crippen LogP contribution >= 0.6 is 22.9 Å². The van der Waals surface area contributed by atoms with E-state index in [2.05, 4.69) is 15.5 Å². The molecule has 1 N–H and O–H groups in total. The second kappa shape index (κ2) is 13.5. The highest BCUT2D eigenvalue weighted by molar-refractivity contribution is 7.15. The van der Waals surface area contributed by atoms with Crippen LogP contribution in [0.5, 0.6) is 17.2 Å². The summed E-state index contributed by atoms with van der Waals surface area (Å²) < 4.78 is 17.2. The molecule has 3 aromatic rings. The van der Waals surface area contributed by atoms with E-state index in [0.717, 1.165) is 29.2 Å². The molecule has 0 atom stereocenters. The number of aromatic nitrogens is 2. The van der Waals surface area contributed by atoms with E-state index in [-0.39, 0.29) is 17.2 Å². The topological polar surface area (TPSA) is 106 Å². The van der Waals surface area contributed by atoms with Gasteiger partial charge in [-0.2, -0.15) is 5.26 Å². The van der Waals surface area contributed by atoms with Gasteiger partial charge < -0.3 is 14.2 Å². The molecule has 0 aliphatic carbocycles. The third-order valence-electron chi connectivity index (χ3n) is 4.78. The normalized spacial score (nSPS) is 11.0. The van der Waals surface area contributed by atoms with Gasteiger partial charge in [0, 0.05) is 6.42 Å². The first kappa shape index (κ1) is 27.0. The Morgan fingerprint density at radius 3 is 2.58 bits per heavy atom. The number of amides is 1. The Kier molecular flexibility index (Phi) is 10.1. The molecule has 0 saturated heterocycles. The molecule has 1 aromatic heterocycles. The summed E-state index contributed by atoms with van der Waals surface area (Å²) in [6.45, 7) is 6.82. The summed E-state index contributed by atoms with van der Waals surface area (Å²) in [6.07, 6.45) is 3.13. The zero-order chi connectivity index (χ0) is 25.9. The Labute approximate surface area is 219 Å². The molecule has 0 bridgehead atoms. The lowest BCUT2D eigenvalue weighted by Crippen LogP contribution is -2.13. The maximum atomic E-state index is 12.6. The Morgan fingerprint density at radius 1 is 1.14 bits per heavy atom. The first-order valence-electron chi connectivity index (χ1n) is 11.5. The van der Waals surface area contributed by atoms with Gasteiger partial charge in [0.15, 0.2) is 11.5 Å². The maximum Gasteiger partial charge on any atom is 0.268 e. The molecular weight excluding hydrogens is 500 g/mol. The molecule has 8 nitrogen and oxygen atoms in total. The number of carbonyl (C=O) groups excluding carboxylic acids is 1. The van der Waals surface area contributed by atoms with Gasteiger partial charge in [0.05, 0.1) is 11.6 Å². The minimum atomic E-state index is -0.584. The lowest BCUT2D eigenvalue weighted by atomic mass is 10.1. The fourth-order valence-electron chi connectivity index (χ4n) is 3.11. The molecule has 0 radical (unpaired) electrons. The van der Waals surface area contributed by atoms with Crippen molar-refractivity contribution in [3.05, 3.63) is 63.1 Å². The van der Waals surface area contributed by atoms with Crippen LogP contribution in [0.1, 0.15) is 36.4 Å². The van der Waals surface area contributed by atoms with Gasteiger partial charge in [0.25, 0.3) is 5.91 Å². The zero-order valence-corrected chi connectivity index (χ0v) is 21.9. The number of ether oxygens (including phenoxy) is 3. The molecule has 0 aliphatic rings. The number of nitrogens with zero attached hydrogens (tertiary/aromatic N) is 3. The van der Waals surface area contributed by atoms with Crippen LogP contribution in [-0.2, 0) is 11.2 Å². The fraction of sp³-hybridized carbons (Fsp3) is 0.308. The number of nitriles is 1. The SMILES string of the molecule is CCCc1nnc(NC(=O)/C(C#N)=C\c2cc(Cl)c(OCCOc3ccc(C)cc3)c(OCC)c2)s1. The quantitative estimate of drug-likeness (QED) is 0.179. The summed E-state index contributed by atoms with van der Waals surface area (Å²) in [7, 11) is 0. The van der Waals surface area contributed by atoms with Crippen LogP contribution < -0.4 is 19.5 Å². The molecule has 0 fully saturated rings. The van der Waals surface area contributed by atoms with Gasteiger partial charge in [0.1, 0.15) is 35.6 Å². The monoisotopic (exact) mass is 526 g/mol. The Balaban J connectivity index is 1.70. The minimum absolute atomic E-state index is 0.110. The van der Waals surface area contributed by atoms with Crippen molar-refractivity contribution in [3.63, 3.8) is 0 Å². The first-order chi connectivity index (χ1) is 17.4. The molecule has 1 heterocycles. The van der Waals surface area contributed by atoms with E-state index < -0.39 is 5.91 Å². The molecule has 0 aliphatic heterocycles. The summed E-state index contributed by atoms with van der Waals surface area (Å²) in [6, 6.07) is 12.9. The van der Waals surface area contributed by atoms with Crippen molar-refractivity contribution in [2.24, 2.45) is 0 Å². The van der Waals surface area contributed by atoms with Crippen molar-refractivity contribution in [2.75, 3.05) is 25.1 Å². The average Bonchev–Trinajstić information content (AvgIpc) is 3.29. The molecule has 188 valence electrons. The van der Waals surface area contributed by atoms with Crippen molar-refractivity contribution >= 4 is 40.1 Å². The number of benzene rings is 2. The Bertz CT molecular complexity index is 1250. The second-order valence-corrected chi connectivity index (χ2v) is 9.12. The highest BCUT2D eigenvalue weighted by Crippen LogP contribution is 2.37. The van der Waals surface area contributed by atoms with Gasteiger partial charge in [0.2, 0.25) is 5.13 Å². The summed E-state index contributed by atoms with van der Waals surface area (Å²) >= 11 is 7.76. The van der Waals surface area contributed by atoms with Gasteiger partial charge >= 0.3 is 0 Å². The van der Waals surface area contributed by atoms with Gasteiger partial charge in [-0.1, -0.05) is 47.6 Å². The predicted molar refractivity (Wildman–Crippen MR) is 141 cm³/mol. The van der Waals surface area contributed by atoms with Crippen LogP contribution in [0.25, 0.3) is 6.08 Å². The van der Waals surface area contributed by atoms with E-state index in [4.69, 9.17) is 25.8 Å². The number of carbonyl (C=O) groups is 1. The highest BCUT2D eigenvalue weighted by atomic mass is 35.5. The second-order valence-electron chi connectivity index (χ2n) is 7.65. The third-order valence-corrected chi connectivity index (χ3v) is 5.96. The Morgan fingerprint density at radius 2 is 1.89 bits per heavy atom. The van der Waals surface area contributed by atoms with Crippen LogP contribution in [0.2, 0.25) is 5.02 Å². The molecule has 0 spiro atoms. The maximum absolute atomic E-state index is 12.6. The van der Waals surface area contributed by atoms with E-state index in [1.54, 1.807) is 12.1 Å². The van der Waals surface area contributed by atoms with Gasteiger partial charge in [-0.15, -0.1) is 10.2 Å². The van der Waals surface area contributed by atoms with E-state index in [0.29, 0.717) is 35.4 Å². The van der Waals surface area contributed by atoms with Crippen molar-refractivity contribution in [2.45, 2.75) is 33.6 Å². The first-order valence-corrected chi connectivity index (χ1v) is 12.7. The molecule has 1 amide bonds. The standard InChI is InChI=1S/C26H27ClN4O4S/c1-4-6-23-30-31-26(36-23)29-25(32)19(16-28)13-18-14-21(27)24(22(15-18)33-5-2)35-12-11-34-20-9-7-17(3)8-10-20/h7-10,13-15H,4-6,11-12H2,1-3H3,(H,29,31,32)/b19-13-. The molecule has 36 heavy (non-hydrogen) atoms. The number of halogens is 1. The smallest absolute Gasteiger partial charge is 0.268 e. The van der Waals surface area contributed by atoms with E-state index in [1.165, 1.54) is 17.4 Å². The van der Waals surface area contributed by atoms with Crippen LogP contribution in [0.15, 0.2) is 42.0 Å². The largest absolute Gasteiger partial charge is 0.490 e. The van der Waals surface area contributed by atoms with E-state index in [9.17, 15) is 10.1 Å². The van der Waals surface area contributed by atoms with Crippen molar-refractivity contribution in [1.82, 2.24) is 10.2 Å². The van der Waals surface area contributed by atoms with Gasteiger partial charge in [-0.3, -0.25) is 10.1 Å². The minimum Gasteiger partial charge on any atom is -0.490 e. The highest BCUT2D eigenvalue weighted by Gasteiger charge is 2.16. The number of hydrogen-bond acceptors (Lipinski definition) is 8. The fourth-order valence-corrected chi connectivity index (χ4v) is 4.22. The number of anilines is 1. The number of aryl methyl sites for hydroxylation is 2. The van der Waals surface area contributed by atoms with Crippen LogP contribution in [-0.4, -0.2) is 35.9 Å². The lowest BCUT2D eigenvalue weighted by Gasteiger charge is -2.15. The van der Waals surface area contributed by atoms with Crippen LogP contribution in [0, 0.1) is 18.3 Å². The van der Waals surface area contributed by atoms with Crippen molar-refractivity contribution in [3.8, 4) is 23.3 Å². The van der Waals surface area contributed by atoms with Gasteiger partial charge in [-0.25, -0.2) is 0 Å². The molecule has 3 rings (SSSR count). The molecular formula is C26H27ClN4O4S. The van der Waals surface area contributed by atoms with Crippen molar-refractivity contribution < 1.29 is 19.0 Å². The molecule has 0 unspecified atom stereocenters. The van der Waals surface area contributed by atoms with Crippen LogP contribution in [0.3, 0.4) is 0 Å². The molecule has 2 aromatic carbocycles. The average molecular weight is 527 g/mol. The summed E-state index contributed by atoms with van der Waals surface area (Å²) in [5, 5.41) is 21.6. The number of hydrogen-bond donors (Lipinski definition) is 1. The lowest BCUT2D eigenvalue weighted by molar-refractivity contribution is -0.112. The molecule has 10 heteroatoms. The summed E-state index contributed by atoms with van der Waals surface area (Å²) in [5.74, 6) is 0.929. The van der Waals surface area contributed by atoms with Crippen LogP contribution in [0.4, 0.5) is 5.13 Å². The zero-order valence-electron chi connectivity index (χ0n) is 20.3. The summed E-state index contributed by atoms with van der Waals surface area (Å²) in [5.41, 5.74) is 1.56. The number of rotatable bonds is 12. The predicted octanol–water partition coefficient (Wildman–Crippen LogP) is 5.85. The number of nitrogens with one attached hydrogen (secondary N) is 1. The summed E-state index contributed by atoms with van der Waals surface area (Å²) in [4.78, 5) is 12.6. The Hall–Kier alpha value is -3.61. The van der Waals surface area contributed by atoms with Crippen molar-refractivity contribution in [1.29, 1.82) is 5.26 Å². The van der Waals surface area contributed by atoms with E-state index in [1.807, 2.05) is 51.1 Å².